The van der Waals surface area contributed by atoms with Crippen LogP contribution in [-0.2, 0) is 15.8 Å². The topological polar surface area (TPSA) is 137 Å². The minimum atomic E-state index is -5.34. The number of rotatable bonds is 7. The maximum atomic E-state index is 14.4. The second kappa shape index (κ2) is 9.56. The van der Waals surface area contributed by atoms with Crippen molar-refractivity contribution in [1.82, 2.24) is 15.3 Å². The first kappa shape index (κ1) is 26.8. The Morgan fingerprint density at radius 2 is 1.92 bits per heavy atom. The Kier molecular flexibility index (Phi) is 6.74. The number of hydrogen-bond acceptors (Lipinski definition) is 7. The van der Waals surface area contributed by atoms with Crippen LogP contribution < -0.4 is 20.5 Å². The molecule has 3 heterocycles. The highest BCUT2D eigenvalue weighted by atomic mass is 19.4. The van der Waals surface area contributed by atoms with Crippen LogP contribution in [-0.4, -0.2) is 53.3 Å². The largest absolute Gasteiger partial charge is 0.489 e. The number of hydrogen-bond donors (Lipinski definition) is 3. The lowest BCUT2D eigenvalue weighted by Gasteiger charge is -2.31. The summed E-state index contributed by atoms with van der Waals surface area (Å²) in [6, 6.07) is 8.19. The summed E-state index contributed by atoms with van der Waals surface area (Å²) in [5.41, 5.74) is -0.887. The van der Waals surface area contributed by atoms with Gasteiger partial charge in [0.2, 0.25) is 17.4 Å². The van der Waals surface area contributed by atoms with E-state index in [-0.39, 0.29) is 40.6 Å². The zero-order valence-corrected chi connectivity index (χ0v) is 20.1. The van der Waals surface area contributed by atoms with Crippen molar-refractivity contribution in [2.45, 2.75) is 24.1 Å². The first-order valence-electron chi connectivity index (χ1n) is 11.1. The number of ether oxygens (including phenoxy) is 2. The predicted molar refractivity (Wildman–Crippen MR) is 125 cm³/mol. The average molecular weight is 534 g/mol. The van der Waals surface area contributed by atoms with Gasteiger partial charge in [0.1, 0.15) is 34.8 Å². The van der Waals surface area contributed by atoms with Gasteiger partial charge in [0, 0.05) is 17.3 Å². The van der Waals surface area contributed by atoms with Gasteiger partial charge in [0.15, 0.2) is 0 Å². The summed E-state index contributed by atoms with van der Waals surface area (Å²) in [6.45, 7) is -0.266. The maximum Gasteiger partial charge on any atom is 0.424 e. The lowest BCUT2D eigenvalue weighted by atomic mass is 9.81. The minimum absolute atomic E-state index is 0.0321. The lowest BCUT2D eigenvalue weighted by Crippen LogP contribution is -2.52. The van der Waals surface area contributed by atoms with Crippen LogP contribution in [0.3, 0.4) is 0 Å². The van der Waals surface area contributed by atoms with Crippen LogP contribution in [0.1, 0.15) is 28.5 Å². The second-order valence-electron chi connectivity index (χ2n) is 8.83. The van der Waals surface area contributed by atoms with E-state index in [1.165, 1.54) is 44.5 Å². The molecule has 4 N–H and O–H groups in total. The van der Waals surface area contributed by atoms with Crippen LogP contribution >= 0.6 is 0 Å². The number of halogens is 4. The van der Waals surface area contributed by atoms with Crippen molar-refractivity contribution in [2.24, 2.45) is 5.73 Å². The van der Waals surface area contributed by atoms with Gasteiger partial charge in [-0.15, -0.1) is 0 Å². The number of nitrogens with two attached hydrogens (primary N) is 1. The molecule has 0 radical (unpaired) electrons. The number of carbonyl (C=O) groups excluding carboxylic acids is 2. The summed E-state index contributed by atoms with van der Waals surface area (Å²) in [6.07, 6.45) is -4.02. The molecule has 0 bridgehead atoms. The number of benzene rings is 1. The fourth-order valence-corrected chi connectivity index (χ4v) is 3.97. The van der Waals surface area contributed by atoms with Gasteiger partial charge in [-0.25, -0.2) is 14.4 Å². The zero-order chi connectivity index (χ0) is 27.9. The van der Waals surface area contributed by atoms with E-state index in [9.17, 15) is 32.3 Å². The van der Waals surface area contributed by atoms with Crippen LogP contribution in [0.15, 0.2) is 48.7 Å². The van der Waals surface area contributed by atoms with E-state index in [4.69, 9.17) is 15.2 Å². The molecule has 3 aromatic rings. The van der Waals surface area contributed by atoms with Crippen molar-refractivity contribution in [3.8, 4) is 22.9 Å². The van der Waals surface area contributed by atoms with Crippen molar-refractivity contribution in [3.05, 3.63) is 71.3 Å². The Balaban J connectivity index is 1.85. The Hall–Kier alpha value is -4.26. The van der Waals surface area contributed by atoms with Crippen molar-refractivity contribution in [3.63, 3.8) is 0 Å². The normalized spacial score (nSPS) is 18.2. The van der Waals surface area contributed by atoms with Gasteiger partial charge < -0.3 is 25.6 Å². The highest BCUT2D eigenvalue weighted by Gasteiger charge is 2.57. The Bertz CT molecular complexity index is 1400. The molecule has 0 saturated carbocycles. The number of nitrogens with one attached hydrogen (secondary N) is 1. The molecule has 1 aliphatic heterocycles. The zero-order valence-electron chi connectivity index (χ0n) is 20.1. The van der Waals surface area contributed by atoms with E-state index >= 15 is 0 Å². The number of nitrogens with zero attached hydrogens (tertiary/aromatic N) is 2. The standard InChI is InChI=1S/C25H22F4N4O5/c1-23(22(30)35)12-38-19-16(23)10-17(33-18(19)13-5-7-14(26)8-6-13)24(36,25(27,28)29)11-32-20(34)15-4-3-9-31-21(15)37-2/h3-10,36H,11-12H2,1-2H3,(H2,30,35)(H,32,34)/t23-,24-/m0/s1. The first-order valence-corrected chi connectivity index (χ1v) is 11.1. The molecule has 0 fully saturated rings. The molecular formula is C25H22F4N4O5. The monoisotopic (exact) mass is 534 g/mol. The van der Waals surface area contributed by atoms with E-state index in [0.29, 0.717) is 0 Å². The molecule has 13 heteroatoms. The smallest absolute Gasteiger partial charge is 0.424 e. The summed E-state index contributed by atoms with van der Waals surface area (Å²) in [7, 11) is 1.23. The number of fused-ring (bicyclic) bond motifs is 1. The van der Waals surface area contributed by atoms with Crippen LogP contribution in [0.5, 0.6) is 11.6 Å². The molecule has 4 rings (SSSR count). The molecule has 38 heavy (non-hydrogen) atoms. The minimum Gasteiger partial charge on any atom is -0.489 e. The summed E-state index contributed by atoms with van der Waals surface area (Å²) >= 11 is 0. The lowest BCUT2D eigenvalue weighted by molar-refractivity contribution is -0.265. The molecule has 1 aromatic carbocycles. The number of aromatic nitrogens is 2. The van der Waals surface area contributed by atoms with Gasteiger partial charge in [-0.2, -0.15) is 13.2 Å². The van der Waals surface area contributed by atoms with E-state index < -0.39 is 47.1 Å². The molecule has 0 saturated heterocycles. The number of alkyl halides is 3. The van der Waals surface area contributed by atoms with Gasteiger partial charge in [-0.3, -0.25) is 9.59 Å². The SMILES string of the molecule is COc1ncccc1C(=O)NC[C@](O)(c1cc2c(c(-c3ccc(F)cc3)n1)OC[C@]2(C)C(N)=O)C(F)(F)F. The average Bonchev–Trinajstić information content (AvgIpc) is 3.24. The molecule has 0 unspecified atom stereocenters. The summed E-state index contributed by atoms with van der Waals surface area (Å²) in [5, 5.41) is 13.1. The maximum absolute atomic E-state index is 14.4. The van der Waals surface area contributed by atoms with Crippen LogP contribution in [0.25, 0.3) is 11.3 Å². The van der Waals surface area contributed by atoms with E-state index in [1.807, 2.05) is 0 Å². The number of primary amides is 1. The third kappa shape index (κ3) is 4.49. The van der Waals surface area contributed by atoms with E-state index in [0.717, 1.165) is 18.2 Å². The second-order valence-corrected chi connectivity index (χ2v) is 8.83. The number of amides is 2. The van der Waals surface area contributed by atoms with Crippen LogP contribution in [0.2, 0.25) is 0 Å². The van der Waals surface area contributed by atoms with Crippen LogP contribution in [0.4, 0.5) is 17.6 Å². The van der Waals surface area contributed by atoms with Gasteiger partial charge in [0.25, 0.3) is 5.91 Å². The third-order valence-corrected chi connectivity index (χ3v) is 6.34. The number of carbonyl (C=O) groups is 2. The van der Waals surface area contributed by atoms with Crippen molar-refractivity contribution >= 4 is 11.8 Å². The number of aliphatic hydroxyl groups is 1. The molecule has 2 amide bonds. The Morgan fingerprint density at radius 1 is 1.24 bits per heavy atom. The molecule has 0 spiro atoms. The van der Waals surface area contributed by atoms with Crippen molar-refractivity contribution in [2.75, 3.05) is 20.3 Å². The molecule has 2 aromatic heterocycles. The molecule has 0 aliphatic carbocycles. The highest BCUT2D eigenvalue weighted by Crippen LogP contribution is 2.47. The molecule has 200 valence electrons. The third-order valence-electron chi connectivity index (χ3n) is 6.34. The quantitative estimate of drug-likeness (QED) is 0.397. The summed E-state index contributed by atoms with van der Waals surface area (Å²) in [4.78, 5) is 32.8. The van der Waals surface area contributed by atoms with Gasteiger partial charge in [-0.1, -0.05) is 0 Å². The summed E-state index contributed by atoms with van der Waals surface area (Å²) in [5.74, 6) is -2.65. The number of methoxy groups -OCH3 is 1. The predicted octanol–water partition coefficient (Wildman–Crippen LogP) is 2.61. The van der Waals surface area contributed by atoms with Gasteiger partial charge in [-0.05, 0) is 49.4 Å². The molecule has 2 atom stereocenters. The van der Waals surface area contributed by atoms with Crippen molar-refractivity contribution < 1.29 is 41.7 Å². The fourth-order valence-electron chi connectivity index (χ4n) is 3.97. The Morgan fingerprint density at radius 3 is 2.53 bits per heavy atom. The van der Waals surface area contributed by atoms with Gasteiger partial charge >= 0.3 is 6.18 Å². The van der Waals surface area contributed by atoms with Gasteiger partial charge in [0.05, 0.1) is 19.3 Å². The van der Waals surface area contributed by atoms with Crippen LogP contribution in [0, 0.1) is 5.82 Å². The highest BCUT2D eigenvalue weighted by molar-refractivity contribution is 5.96. The fraction of sp³-hybridized carbons (Fsp3) is 0.280. The molecule has 1 aliphatic rings. The number of pyridine rings is 2. The molecule has 9 nitrogen and oxygen atoms in total. The van der Waals surface area contributed by atoms with E-state index in [1.54, 1.807) is 0 Å². The van der Waals surface area contributed by atoms with E-state index in [2.05, 4.69) is 15.3 Å². The molecular weight excluding hydrogens is 512 g/mol. The first-order chi connectivity index (χ1) is 17.8. The van der Waals surface area contributed by atoms with Crippen molar-refractivity contribution in [1.29, 1.82) is 0 Å². The Labute approximate surface area is 213 Å². The summed E-state index contributed by atoms with van der Waals surface area (Å²) < 4.78 is 67.4.